The summed E-state index contributed by atoms with van der Waals surface area (Å²) in [7, 11) is 0. The molecule has 1 fully saturated rings. The van der Waals surface area contributed by atoms with Crippen molar-refractivity contribution in [1.82, 2.24) is 9.97 Å². The molecule has 4 rings (SSSR count). The highest BCUT2D eigenvalue weighted by Crippen LogP contribution is 2.25. The molecule has 1 aliphatic rings. The molecule has 30 heavy (non-hydrogen) atoms. The van der Waals surface area contributed by atoms with Crippen LogP contribution in [0.2, 0.25) is 0 Å². The van der Waals surface area contributed by atoms with Crippen LogP contribution < -0.4 is 15.5 Å². The van der Waals surface area contributed by atoms with E-state index in [1.54, 1.807) is 0 Å². The maximum atomic E-state index is 9.37. The first-order valence-electron chi connectivity index (χ1n) is 10.2. The minimum atomic E-state index is -0.142. The van der Waals surface area contributed by atoms with E-state index in [1.165, 1.54) is 5.69 Å². The number of rotatable bonds is 7. The number of anilines is 4. The highest BCUT2D eigenvalue weighted by molar-refractivity contribution is 5.68. The average molecular weight is 406 g/mol. The summed E-state index contributed by atoms with van der Waals surface area (Å²) in [5.74, 6) is 1.17. The van der Waals surface area contributed by atoms with E-state index in [1.807, 2.05) is 43.3 Å². The van der Waals surface area contributed by atoms with Crippen LogP contribution in [0.4, 0.5) is 23.1 Å². The third-order valence-electron chi connectivity index (χ3n) is 4.96. The van der Waals surface area contributed by atoms with E-state index in [-0.39, 0.29) is 12.6 Å². The fourth-order valence-corrected chi connectivity index (χ4v) is 3.32. The van der Waals surface area contributed by atoms with Gasteiger partial charge < -0.3 is 25.4 Å². The summed E-state index contributed by atoms with van der Waals surface area (Å²) in [5, 5.41) is 15.9. The van der Waals surface area contributed by atoms with E-state index in [2.05, 4.69) is 49.8 Å². The van der Waals surface area contributed by atoms with Crippen LogP contribution in [-0.2, 0) is 4.74 Å². The Morgan fingerprint density at radius 2 is 1.77 bits per heavy atom. The predicted octanol–water partition coefficient (Wildman–Crippen LogP) is 3.52. The molecule has 7 heteroatoms. The Balaban J connectivity index is 1.57. The van der Waals surface area contributed by atoms with Gasteiger partial charge in [0.15, 0.2) is 0 Å². The Morgan fingerprint density at radius 3 is 2.47 bits per heavy atom. The van der Waals surface area contributed by atoms with Crippen molar-refractivity contribution in [2.24, 2.45) is 0 Å². The molecule has 3 N–H and O–H groups in total. The van der Waals surface area contributed by atoms with Crippen molar-refractivity contribution >= 4 is 23.1 Å². The molecule has 7 nitrogen and oxygen atoms in total. The number of morpholine rings is 1. The van der Waals surface area contributed by atoms with Gasteiger partial charge >= 0.3 is 0 Å². The third-order valence-corrected chi connectivity index (χ3v) is 4.96. The molecule has 0 radical (unpaired) electrons. The molecule has 1 aliphatic heterocycles. The summed E-state index contributed by atoms with van der Waals surface area (Å²) in [6.07, 6.45) is 0. The summed E-state index contributed by atoms with van der Waals surface area (Å²) < 4.78 is 5.43. The molecule has 0 unspecified atom stereocenters. The number of aliphatic hydroxyl groups is 1. The van der Waals surface area contributed by atoms with Crippen molar-refractivity contribution in [3.05, 3.63) is 60.7 Å². The number of benzene rings is 2. The van der Waals surface area contributed by atoms with Crippen molar-refractivity contribution in [2.45, 2.75) is 13.0 Å². The van der Waals surface area contributed by atoms with E-state index < -0.39 is 0 Å². The van der Waals surface area contributed by atoms with Gasteiger partial charge in [0.2, 0.25) is 5.95 Å². The summed E-state index contributed by atoms with van der Waals surface area (Å²) >= 11 is 0. The van der Waals surface area contributed by atoms with Crippen LogP contribution in [-0.4, -0.2) is 54.0 Å². The number of aliphatic hydroxyl groups excluding tert-OH is 1. The maximum absolute atomic E-state index is 9.37. The average Bonchev–Trinajstić information content (AvgIpc) is 2.80. The van der Waals surface area contributed by atoms with Crippen LogP contribution in [0.5, 0.6) is 0 Å². The number of ether oxygens (including phenoxy) is 1. The molecule has 0 saturated carbocycles. The largest absolute Gasteiger partial charge is 0.394 e. The maximum Gasteiger partial charge on any atom is 0.225 e. The second kappa shape index (κ2) is 9.56. The summed E-state index contributed by atoms with van der Waals surface area (Å²) in [6.45, 7) is 5.26. The lowest BCUT2D eigenvalue weighted by atomic mass is 10.1. The molecule has 0 amide bonds. The lowest BCUT2D eigenvalue weighted by Crippen LogP contribution is -2.36. The molecule has 156 valence electrons. The van der Waals surface area contributed by atoms with Gasteiger partial charge in [-0.25, -0.2) is 4.98 Å². The van der Waals surface area contributed by atoms with E-state index in [0.717, 1.165) is 43.2 Å². The van der Waals surface area contributed by atoms with Crippen LogP contribution in [0.3, 0.4) is 0 Å². The van der Waals surface area contributed by atoms with E-state index in [9.17, 15) is 5.11 Å². The number of nitrogens with zero attached hydrogens (tertiary/aromatic N) is 3. The Labute approximate surface area is 176 Å². The van der Waals surface area contributed by atoms with Gasteiger partial charge in [0.05, 0.1) is 25.5 Å². The van der Waals surface area contributed by atoms with Crippen LogP contribution in [0, 0.1) is 0 Å². The lowest BCUT2D eigenvalue weighted by Gasteiger charge is -2.28. The van der Waals surface area contributed by atoms with Crippen LogP contribution in [0.15, 0.2) is 60.7 Å². The molecule has 1 saturated heterocycles. The van der Waals surface area contributed by atoms with Gasteiger partial charge in [-0.05, 0) is 31.2 Å². The number of nitrogens with one attached hydrogen (secondary N) is 2. The summed E-state index contributed by atoms with van der Waals surface area (Å²) in [5.41, 5.74) is 3.96. The van der Waals surface area contributed by atoms with Gasteiger partial charge in [-0.2, -0.15) is 4.98 Å². The standard InChI is InChI=1S/C23H27N5O2/c1-17(16-29)24-23-26-21(18-5-3-2-4-6-18)15-22(27-23)25-19-7-9-20(10-8-19)28-11-13-30-14-12-28/h2-10,15,17,29H,11-14,16H2,1H3,(H2,24,25,26,27)/t17-/m1/s1. The van der Waals surface area contributed by atoms with Crippen molar-refractivity contribution in [3.63, 3.8) is 0 Å². The van der Waals surface area contributed by atoms with Crippen molar-refractivity contribution in [1.29, 1.82) is 0 Å². The molecular formula is C23H27N5O2. The van der Waals surface area contributed by atoms with Gasteiger partial charge in [-0.15, -0.1) is 0 Å². The Bertz CT molecular complexity index is 944. The molecule has 1 aromatic heterocycles. The first-order valence-corrected chi connectivity index (χ1v) is 10.2. The number of hydrogen-bond acceptors (Lipinski definition) is 7. The zero-order chi connectivity index (χ0) is 20.8. The molecule has 2 heterocycles. The molecular weight excluding hydrogens is 378 g/mol. The van der Waals surface area contributed by atoms with E-state index in [4.69, 9.17) is 4.74 Å². The van der Waals surface area contributed by atoms with Gasteiger partial charge in [0.25, 0.3) is 0 Å². The minimum absolute atomic E-state index is 0.00465. The lowest BCUT2D eigenvalue weighted by molar-refractivity contribution is 0.122. The molecule has 0 spiro atoms. The number of hydrogen-bond donors (Lipinski definition) is 3. The minimum Gasteiger partial charge on any atom is -0.394 e. The van der Waals surface area contributed by atoms with E-state index in [0.29, 0.717) is 11.8 Å². The van der Waals surface area contributed by atoms with Crippen molar-refractivity contribution in [3.8, 4) is 11.3 Å². The predicted molar refractivity (Wildman–Crippen MR) is 120 cm³/mol. The Morgan fingerprint density at radius 1 is 1.03 bits per heavy atom. The zero-order valence-corrected chi connectivity index (χ0v) is 17.1. The normalized spacial score (nSPS) is 14.9. The molecule has 2 aromatic carbocycles. The number of aromatic nitrogens is 2. The van der Waals surface area contributed by atoms with Crippen molar-refractivity contribution in [2.75, 3.05) is 48.4 Å². The van der Waals surface area contributed by atoms with Crippen LogP contribution in [0.25, 0.3) is 11.3 Å². The molecule has 0 aliphatic carbocycles. The first-order chi connectivity index (χ1) is 14.7. The topological polar surface area (TPSA) is 82.5 Å². The molecule has 1 atom stereocenters. The zero-order valence-electron chi connectivity index (χ0n) is 17.1. The fourth-order valence-electron chi connectivity index (χ4n) is 3.32. The highest BCUT2D eigenvalue weighted by atomic mass is 16.5. The Hall–Kier alpha value is -3.16. The SMILES string of the molecule is C[C@H](CO)Nc1nc(Nc2ccc(N3CCOCC3)cc2)cc(-c2ccccc2)n1. The summed E-state index contributed by atoms with van der Waals surface area (Å²) in [4.78, 5) is 11.5. The smallest absolute Gasteiger partial charge is 0.225 e. The highest BCUT2D eigenvalue weighted by Gasteiger charge is 2.12. The fraction of sp³-hybridized carbons (Fsp3) is 0.304. The first kappa shape index (κ1) is 20.1. The van der Waals surface area contributed by atoms with E-state index >= 15 is 0 Å². The molecule has 3 aromatic rings. The van der Waals surface area contributed by atoms with Gasteiger partial charge in [0, 0.05) is 42.1 Å². The van der Waals surface area contributed by atoms with Gasteiger partial charge in [-0.1, -0.05) is 30.3 Å². The van der Waals surface area contributed by atoms with Crippen LogP contribution >= 0.6 is 0 Å². The van der Waals surface area contributed by atoms with Crippen molar-refractivity contribution < 1.29 is 9.84 Å². The second-order valence-corrected chi connectivity index (χ2v) is 7.33. The Kier molecular flexibility index (Phi) is 6.41. The quantitative estimate of drug-likeness (QED) is 0.555. The van der Waals surface area contributed by atoms with Crippen LogP contribution in [0.1, 0.15) is 6.92 Å². The van der Waals surface area contributed by atoms with Gasteiger partial charge in [-0.3, -0.25) is 0 Å². The monoisotopic (exact) mass is 405 g/mol. The molecule has 0 bridgehead atoms. The second-order valence-electron chi connectivity index (χ2n) is 7.33. The summed E-state index contributed by atoms with van der Waals surface area (Å²) in [6, 6.07) is 20.1. The van der Waals surface area contributed by atoms with Gasteiger partial charge in [0.1, 0.15) is 5.82 Å². The third kappa shape index (κ3) is 5.06.